The highest BCUT2D eigenvalue weighted by molar-refractivity contribution is 9.10. The quantitative estimate of drug-likeness (QED) is 0.884. The van der Waals surface area contributed by atoms with E-state index >= 15 is 0 Å². The van der Waals surface area contributed by atoms with Gasteiger partial charge in [-0.3, -0.25) is 9.48 Å². The zero-order chi connectivity index (χ0) is 15.7. The highest BCUT2D eigenvalue weighted by Crippen LogP contribution is 2.24. The van der Waals surface area contributed by atoms with Crippen molar-refractivity contribution in [3.05, 3.63) is 40.3 Å². The average Bonchev–Trinajstić information content (AvgIpc) is 2.89. The molecule has 0 aliphatic carbocycles. The van der Waals surface area contributed by atoms with Crippen LogP contribution < -0.4 is 10.2 Å². The van der Waals surface area contributed by atoms with Gasteiger partial charge in [-0.05, 0) is 28.1 Å². The van der Waals surface area contributed by atoms with Crippen molar-refractivity contribution in [2.24, 2.45) is 7.05 Å². The molecule has 2 aromatic heterocycles. The monoisotopic (exact) mass is 360 g/mol. The van der Waals surface area contributed by atoms with E-state index in [0.717, 1.165) is 4.47 Å². The summed E-state index contributed by atoms with van der Waals surface area (Å²) in [7, 11) is 1.77. The maximum Gasteiger partial charge on any atom is 0.272 e. The van der Waals surface area contributed by atoms with E-state index in [1.165, 1.54) is 0 Å². The summed E-state index contributed by atoms with van der Waals surface area (Å²) in [5.41, 5.74) is 0.921. The third-order valence-corrected chi connectivity index (χ3v) is 3.85. The molecule has 0 atom stereocenters. The van der Waals surface area contributed by atoms with E-state index in [4.69, 9.17) is 5.26 Å². The molecular formula is C14H13BrN6O. The van der Waals surface area contributed by atoms with Crippen molar-refractivity contribution in [3.8, 4) is 6.07 Å². The highest BCUT2D eigenvalue weighted by Gasteiger charge is 2.31. The molecule has 0 radical (unpaired) electrons. The first-order chi connectivity index (χ1) is 10.6. The number of nitrogens with zero attached hydrogens (tertiary/aromatic N) is 5. The minimum Gasteiger partial charge on any atom is -0.351 e. The number of nitriles is 1. The molecule has 1 amide bonds. The molecule has 0 bridgehead atoms. The van der Waals surface area contributed by atoms with Gasteiger partial charge < -0.3 is 10.2 Å². The number of aromatic nitrogens is 3. The van der Waals surface area contributed by atoms with Gasteiger partial charge in [-0.25, -0.2) is 4.98 Å². The molecule has 0 spiro atoms. The van der Waals surface area contributed by atoms with Crippen LogP contribution in [0.1, 0.15) is 16.1 Å². The van der Waals surface area contributed by atoms with Crippen molar-refractivity contribution in [2.75, 3.05) is 18.0 Å². The van der Waals surface area contributed by atoms with E-state index in [-0.39, 0.29) is 11.9 Å². The third kappa shape index (κ3) is 2.80. The number of hydrogen-bond donors (Lipinski definition) is 1. The van der Waals surface area contributed by atoms with E-state index in [0.29, 0.717) is 30.2 Å². The zero-order valence-electron chi connectivity index (χ0n) is 11.8. The third-order valence-electron chi connectivity index (χ3n) is 3.42. The molecule has 1 N–H and O–H groups in total. The smallest absolute Gasteiger partial charge is 0.272 e. The number of anilines is 1. The molecule has 3 heterocycles. The van der Waals surface area contributed by atoms with E-state index < -0.39 is 0 Å². The molecular weight excluding hydrogens is 348 g/mol. The van der Waals surface area contributed by atoms with Gasteiger partial charge in [-0.15, -0.1) is 0 Å². The fourth-order valence-electron chi connectivity index (χ4n) is 2.30. The second-order valence-corrected chi connectivity index (χ2v) is 6.00. The second-order valence-electron chi connectivity index (χ2n) is 5.09. The Labute approximate surface area is 135 Å². The van der Waals surface area contributed by atoms with Crippen molar-refractivity contribution in [2.45, 2.75) is 6.04 Å². The number of halogens is 1. The van der Waals surface area contributed by atoms with Crippen LogP contribution in [-0.4, -0.2) is 39.8 Å². The van der Waals surface area contributed by atoms with Crippen LogP contribution in [0.15, 0.2) is 29.0 Å². The lowest BCUT2D eigenvalue weighted by atomic mass is 10.1. The van der Waals surface area contributed by atoms with Gasteiger partial charge in [0.15, 0.2) is 0 Å². The maximum atomic E-state index is 12.0. The molecule has 3 rings (SSSR count). The SMILES string of the molecule is Cn1ccc(C(=O)NC2CN(c3ncc(Br)cc3C#N)C2)n1. The van der Waals surface area contributed by atoms with Gasteiger partial charge in [-0.1, -0.05) is 0 Å². The standard InChI is InChI=1S/C14H13BrN6O/c1-20-3-2-12(19-20)14(22)18-11-7-21(8-11)13-9(5-16)4-10(15)6-17-13/h2-4,6,11H,7-8H2,1H3,(H,18,22). The van der Waals surface area contributed by atoms with E-state index in [1.807, 2.05) is 4.90 Å². The van der Waals surface area contributed by atoms with Gasteiger partial charge in [-0.2, -0.15) is 10.4 Å². The Kier molecular flexibility index (Phi) is 3.81. The Hall–Kier alpha value is -2.40. The Balaban J connectivity index is 1.61. The van der Waals surface area contributed by atoms with Crippen LogP contribution in [0.5, 0.6) is 0 Å². The normalized spacial score (nSPS) is 14.3. The number of amides is 1. The largest absolute Gasteiger partial charge is 0.351 e. The summed E-state index contributed by atoms with van der Waals surface area (Å²) >= 11 is 3.30. The van der Waals surface area contributed by atoms with Crippen LogP contribution >= 0.6 is 15.9 Å². The molecule has 1 fully saturated rings. The van der Waals surface area contributed by atoms with Crippen LogP contribution in [0.4, 0.5) is 5.82 Å². The molecule has 0 saturated carbocycles. The van der Waals surface area contributed by atoms with Crippen LogP contribution in [0.3, 0.4) is 0 Å². The van der Waals surface area contributed by atoms with Gasteiger partial charge in [0.2, 0.25) is 0 Å². The van der Waals surface area contributed by atoms with Crippen molar-refractivity contribution < 1.29 is 4.79 Å². The second kappa shape index (κ2) is 5.77. The number of carbonyl (C=O) groups excluding carboxylic acids is 1. The topological polar surface area (TPSA) is 86.8 Å². The summed E-state index contributed by atoms with van der Waals surface area (Å²) in [6.45, 7) is 1.25. The maximum absolute atomic E-state index is 12.0. The van der Waals surface area contributed by atoms with Gasteiger partial charge >= 0.3 is 0 Å². The van der Waals surface area contributed by atoms with Crippen molar-refractivity contribution in [1.82, 2.24) is 20.1 Å². The van der Waals surface area contributed by atoms with E-state index in [1.54, 1.807) is 36.3 Å². The van der Waals surface area contributed by atoms with Crippen LogP contribution in [0.2, 0.25) is 0 Å². The summed E-state index contributed by atoms with van der Waals surface area (Å²) in [6, 6.07) is 5.58. The Morgan fingerprint density at radius 3 is 2.95 bits per heavy atom. The molecule has 0 aromatic carbocycles. The van der Waals surface area contributed by atoms with Crippen molar-refractivity contribution in [1.29, 1.82) is 5.26 Å². The molecule has 2 aromatic rings. The molecule has 8 heteroatoms. The predicted molar refractivity (Wildman–Crippen MR) is 83.3 cm³/mol. The molecule has 1 saturated heterocycles. The molecule has 1 aliphatic rings. The lowest BCUT2D eigenvalue weighted by molar-refractivity contribution is 0.0924. The summed E-state index contributed by atoms with van der Waals surface area (Å²) in [6.07, 6.45) is 3.39. The highest BCUT2D eigenvalue weighted by atomic mass is 79.9. The van der Waals surface area contributed by atoms with Gasteiger partial charge in [0.1, 0.15) is 17.6 Å². The van der Waals surface area contributed by atoms with E-state index in [2.05, 4.69) is 37.4 Å². The first kappa shape index (κ1) is 14.5. The fourth-order valence-corrected chi connectivity index (χ4v) is 2.64. The number of hydrogen-bond acceptors (Lipinski definition) is 5. The molecule has 1 aliphatic heterocycles. The summed E-state index contributed by atoms with van der Waals surface area (Å²) in [5.74, 6) is 0.462. The van der Waals surface area contributed by atoms with Gasteiger partial charge in [0.05, 0.1) is 11.6 Å². The number of rotatable bonds is 3. The van der Waals surface area contributed by atoms with Crippen LogP contribution in [-0.2, 0) is 7.05 Å². The number of nitrogens with one attached hydrogen (secondary N) is 1. The number of aryl methyl sites for hydroxylation is 1. The minimum atomic E-state index is -0.186. The summed E-state index contributed by atoms with van der Waals surface area (Å²) in [5, 5.41) is 16.1. The Morgan fingerprint density at radius 2 is 2.32 bits per heavy atom. The first-order valence-corrected chi connectivity index (χ1v) is 7.47. The molecule has 7 nitrogen and oxygen atoms in total. The number of pyridine rings is 1. The zero-order valence-corrected chi connectivity index (χ0v) is 13.4. The average molecular weight is 361 g/mol. The van der Waals surface area contributed by atoms with Crippen molar-refractivity contribution >= 4 is 27.7 Å². The number of carbonyl (C=O) groups is 1. The predicted octanol–water partition coefficient (Wildman–Crippen LogP) is 1.07. The Bertz CT molecular complexity index is 759. The molecule has 0 unspecified atom stereocenters. The van der Waals surface area contributed by atoms with Crippen LogP contribution in [0.25, 0.3) is 0 Å². The van der Waals surface area contributed by atoms with Gasteiger partial charge in [0, 0.05) is 37.0 Å². The minimum absolute atomic E-state index is 0.0338. The summed E-state index contributed by atoms with van der Waals surface area (Å²) in [4.78, 5) is 18.2. The summed E-state index contributed by atoms with van der Waals surface area (Å²) < 4.78 is 2.36. The van der Waals surface area contributed by atoms with E-state index in [9.17, 15) is 4.79 Å². The van der Waals surface area contributed by atoms with Crippen LogP contribution in [0, 0.1) is 11.3 Å². The molecule has 22 heavy (non-hydrogen) atoms. The Morgan fingerprint density at radius 1 is 1.55 bits per heavy atom. The van der Waals surface area contributed by atoms with Gasteiger partial charge in [0.25, 0.3) is 5.91 Å². The fraction of sp³-hybridized carbons (Fsp3) is 0.286. The van der Waals surface area contributed by atoms with Crippen molar-refractivity contribution in [3.63, 3.8) is 0 Å². The lowest BCUT2D eigenvalue weighted by Crippen LogP contribution is -2.60. The lowest BCUT2D eigenvalue weighted by Gasteiger charge is -2.40. The molecule has 112 valence electrons. The first-order valence-electron chi connectivity index (χ1n) is 6.68.